The molecule has 5 aromatic carbocycles. The molecule has 0 spiro atoms. The molecule has 0 aromatic heterocycles. The Labute approximate surface area is 265 Å². The van der Waals surface area contributed by atoms with Gasteiger partial charge in [-0.15, -0.1) is 0 Å². The highest BCUT2D eigenvalue weighted by Gasteiger charge is 2.44. The molecule has 0 N–H and O–H groups in total. The maximum absolute atomic E-state index is 2.62. The Morgan fingerprint density at radius 3 is 1.18 bits per heavy atom. The average molecular weight is 571 g/mol. The molecule has 0 fully saturated rings. The predicted octanol–water partition coefficient (Wildman–Crippen LogP) is 6.10. The molecule has 3 heteroatoms. The van der Waals surface area contributed by atoms with E-state index in [9.17, 15) is 0 Å². The standard InChI is InChI=1S/C41H43B2N/c1-10-31-12-14-37-33(22-31)42(39-27(6)16-24(3)17-28(39)7)35-20-26(5)21-36-41(35)44(37)38-15-13-32(11-2)23-34(38)43(36)40-29(8)18-25(4)19-30(40)9/h12-23H,10-11H2,1-9H3. The van der Waals surface area contributed by atoms with E-state index in [2.05, 4.69) is 140 Å². The number of hydrogen-bond donors (Lipinski definition) is 0. The van der Waals surface area contributed by atoms with Crippen LogP contribution in [0.1, 0.15) is 63.9 Å². The first-order valence-corrected chi connectivity index (χ1v) is 16.5. The van der Waals surface area contributed by atoms with Gasteiger partial charge in [-0.05, 0) is 106 Å². The van der Waals surface area contributed by atoms with Crippen molar-refractivity contribution >= 4 is 63.3 Å². The van der Waals surface area contributed by atoms with E-state index in [1.165, 1.54) is 99.9 Å². The third-order valence-corrected chi connectivity index (χ3v) is 10.3. The summed E-state index contributed by atoms with van der Waals surface area (Å²) in [5.41, 5.74) is 25.0. The van der Waals surface area contributed by atoms with E-state index in [-0.39, 0.29) is 13.4 Å². The molecule has 0 bridgehead atoms. The van der Waals surface area contributed by atoms with Crippen LogP contribution in [0.5, 0.6) is 0 Å². The summed E-state index contributed by atoms with van der Waals surface area (Å²) in [5.74, 6) is 0. The van der Waals surface area contributed by atoms with E-state index in [1.807, 2.05) is 0 Å². The van der Waals surface area contributed by atoms with E-state index >= 15 is 0 Å². The van der Waals surface area contributed by atoms with Crippen LogP contribution in [-0.4, -0.2) is 13.4 Å². The molecule has 0 aliphatic carbocycles. The zero-order valence-corrected chi connectivity index (χ0v) is 27.9. The van der Waals surface area contributed by atoms with Crippen LogP contribution in [0.3, 0.4) is 0 Å². The van der Waals surface area contributed by atoms with E-state index in [0.29, 0.717) is 0 Å². The smallest absolute Gasteiger partial charge is 0.247 e. The molecule has 0 saturated carbocycles. The largest absolute Gasteiger partial charge is 0.313 e. The van der Waals surface area contributed by atoms with E-state index in [0.717, 1.165) is 12.8 Å². The molecule has 0 amide bonds. The molecule has 2 aliphatic heterocycles. The SMILES string of the molecule is CCc1ccc2c(c1)B(c1c(C)cc(C)cc1C)c1cc(C)cc3c1N2c1ccc(CC)cc1B3c1c(C)cc(C)cc1C. The number of anilines is 3. The van der Waals surface area contributed by atoms with Crippen molar-refractivity contribution in [2.75, 3.05) is 4.90 Å². The summed E-state index contributed by atoms with van der Waals surface area (Å²) in [6, 6.07) is 29.0. The summed E-state index contributed by atoms with van der Waals surface area (Å²) in [6.45, 7) is 20.9. The second-order valence-corrected chi connectivity index (χ2v) is 13.6. The van der Waals surface area contributed by atoms with Gasteiger partial charge in [-0.25, -0.2) is 0 Å². The number of aryl methyl sites for hydroxylation is 9. The van der Waals surface area contributed by atoms with Gasteiger partial charge in [0.1, 0.15) is 0 Å². The molecule has 44 heavy (non-hydrogen) atoms. The van der Waals surface area contributed by atoms with Gasteiger partial charge in [-0.1, -0.05) is 124 Å². The molecule has 0 saturated heterocycles. The Balaban J connectivity index is 1.64. The van der Waals surface area contributed by atoms with Crippen molar-refractivity contribution in [2.45, 2.75) is 75.2 Å². The summed E-state index contributed by atoms with van der Waals surface area (Å²) >= 11 is 0. The van der Waals surface area contributed by atoms with Crippen LogP contribution in [0, 0.1) is 48.5 Å². The number of hydrogen-bond acceptors (Lipinski definition) is 1. The number of rotatable bonds is 4. The summed E-state index contributed by atoms with van der Waals surface area (Å²) in [6.07, 6.45) is 2.06. The Bertz CT molecular complexity index is 1800. The molecule has 1 nitrogen and oxygen atoms in total. The highest BCUT2D eigenvalue weighted by atomic mass is 15.2. The molecular formula is C41H43B2N. The lowest BCUT2D eigenvalue weighted by atomic mass is 9.29. The van der Waals surface area contributed by atoms with E-state index in [4.69, 9.17) is 0 Å². The summed E-state index contributed by atoms with van der Waals surface area (Å²) < 4.78 is 0. The third-order valence-electron chi connectivity index (χ3n) is 10.3. The van der Waals surface area contributed by atoms with Gasteiger partial charge in [-0.2, -0.15) is 0 Å². The van der Waals surface area contributed by atoms with Crippen LogP contribution in [0.2, 0.25) is 0 Å². The van der Waals surface area contributed by atoms with Gasteiger partial charge in [0.15, 0.2) is 0 Å². The molecule has 0 unspecified atom stereocenters. The van der Waals surface area contributed by atoms with Crippen LogP contribution < -0.4 is 37.7 Å². The lowest BCUT2D eigenvalue weighted by Gasteiger charge is -2.45. The first-order chi connectivity index (χ1) is 21.1. The zero-order valence-electron chi connectivity index (χ0n) is 27.9. The number of fused-ring (bicyclic) bond motifs is 4. The monoisotopic (exact) mass is 571 g/mol. The molecule has 218 valence electrons. The van der Waals surface area contributed by atoms with Crippen molar-refractivity contribution in [3.63, 3.8) is 0 Å². The van der Waals surface area contributed by atoms with Crippen LogP contribution in [0.4, 0.5) is 17.1 Å². The summed E-state index contributed by atoms with van der Waals surface area (Å²) in [7, 11) is 0. The first-order valence-electron chi connectivity index (χ1n) is 16.5. The predicted molar refractivity (Wildman–Crippen MR) is 195 cm³/mol. The number of benzene rings is 5. The normalized spacial score (nSPS) is 13.2. The molecule has 0 radical (unpaired) electrons. The minimum Gasteiger partial charge on any atom is -0.313 e. The topological polar surface area (TPSA) is 3.24 Å². The Morgan fingerprint density at radius 2 is 0.818 bits per heavy atom. The second kappa shape index (κ2) is 10.6. The Morgan fingerprint density at radius 1 is 0.455 bits per heavy atom. The molecular weight excluding hydrogens is 528 g/mol. The van der Waals surface area contributed by atoms with Crippen molar-refractivity contribution < 1.29 is 0 Å². The minimum atomic E-state index is 0.180. The zero-order chi connectivity index (χ0) is 31.0. The van der Waals surface area contributed by atoms with Gasteiger partial charge in [0.25, 0.3) is 0 Å². The van der Waals surface area contributed by atoms with Gasteiger partial charge >= 0.3 is 0 Å². The van der Waals surface area contributed by atoms with Gasteiger partial charge in [0.2, 0.25) is 13.4 Å². The minimum absolute atomic E-state index is 0.180. The first kappa shape index (κ1) is 28.8. The maximum atomic E-state index is 2.62. The highest BCUT2D eigenvalue weighted by molar-refractivity contribution is 7.02. The van der Waals surface area contributed by atoms with Crippen molar-refractivity contribution in [3.05, 3.63) is 123 Å². The number of nitrogens with zero attached hydrogens (tertiary/aromatic N) is 1. The van der Waals surface area contributed by atoms with Crippen LogP contribution in [0.15, 0.2) is 72.8 Å². The van der Waals surface area contributed by atoms with Gasteiger partial charge < -0.3 is 4.90 Å². The Kier molecular flexibility index (Phi) is 6.92. The van der Waals surface area contributed by atoms with Gasteiger partial charge in [0.05, 0.1) is 0 Å². The van der Waals surface area contributed by atoms with Gasteiger partial charge in [0, 0.05) is 17.1 Å². The van der Waals surface area contributed by atoms with Crippen LogP contribution in [0.25, 0.3) is 0 Å². The van der Waals surface area contributed by atoms with Gasteiger partial charge in [-0.3, -0.25) is 0 Å². The van der Waals surface area contributed by atoms with Crippen LogP contribution >= 0.6 is 0 Å². The average Bonchev–Trinajstić information content (AvgIpc) is 2.97. The van der Waals surface area contributed by atoms with Crippen molar-refractivity contribution in [3.8, 4) is 0 Å². The quantitative estimate of drug-likeness (QED) is 0.231. The maximum Gasteiger partial charge on any atom is 0.247 e. The van der Waals surface area contributed by atoms with Crippen molar-refractivity contribution in [1.82, 2.24) is 0 Å². The highest BCUT2D eigenvalue weighted by Crippen LogP contribution is 2.38. The molecule has 2 aliphatic rings. The molecule has 5 aromatic rings. The van der Waals surface area contributed by atoms with E-state index < -0.39 is 0 Å². The third kappa shape index (κ3) is 4.31. The lowest BCUT2D eigenvalue weighted by molar-refractivity contribution is 1.13. The fraction of sp³-hybridized carbons (Fsp3) is 0.268. The van der Waals surface area contributed by atoms with Crippen LogP contribution in [-0.2, 0) is 12.8 Å². The summed E-state index contributed by atoms with van der Waals surface area (Å²) in [4.78, 5) is 2.62. The molecule has 2 heterocycles. The fourth-order valence-corrected chi connectivity index (χ4v) is 8.67. The lowest BCUT2D eigenvalue weighted by Crippen LogP contribution is -2.66. The van der Waals surface area contributed by atoms with Crippen molar-refractivity contribution in [1.29, 1.82) is 0 Å². The molecule has 0 atom stereocenters. The fourth-order valence-electron chi connectivity index (χ4n) is 8.67. The van der Waals surface area contributed by atoms with E-state index in [1.54, 1.807) is 0 Å². The summed E-state index contributed by atoms with van der Waals surface area (Å²) in [5, 5.41) is 0. The molecule has 7 rings (SSSR count). The Hall–Kier alpha value is -3.97. The van der Waals surface area contributed by atoms with Crippen molar-refractivity contribution in [2.24, 2.45) is 0 Å². The second-order valence-electron chi connectivity index (χ2n) is 13.6.